The van der Waals surface area contributed by atoms with Gasteiger partial charge in [0, 0.05) is 16.3 Å². The van der Waals surface area contributed by atoms with Gasteiger partial charge in [-0.05, 0) is 53.4 Å². The maximum absolute atomic E-state index is 15.5. The van der Waals surface area contributed by atoms with Crippen molar-refractivity contribution in [1.82, 2.24) is 10.2 Å². The summed E-state index contributed by atoms with van der Waals surface area (Å²) in [6.45, 7) is 0. The highest BCUT2D eigenvalue weighted by molar-refractivity contribution is 7.92. The zero-order chi connectivity index (χ0) is 26.3. The Hall–Kier alpha value is -3.44. The van der Waals surface area contributed by atoms with Crippen LogP contribution in [0.1, 0.15) is 10.4 Å². The Bertz CT molecular complexity index is 1740. The summed E-state index contributed by atoms with van der Waals surface area (Å²) in [6.07, 6.45) is 1.07. The minimum absolute atomic E-state index is 0.135. The number of thiophene rings is 1. The number of nitrogens with zero attached hydrogens (tertiary/aromatic N) is 2. The maximum atomic E-state index is 15.5. The number of rotatable bonds is 6. The van der Waals surface area contributed by atoms with Gasteiger partial charge in [0.15, 0.2) is 11.6 Å². The smallest absolute Gasteiger partial charge is 0.257 e. The van der Waals surface area contributed by atoms with E-state index in [-0.39, 0.29) is 27.8 Å². The van der Waals surface area contributed by atoms with Crippen LogP contribution in [0.4, 0.5) is 21.6 Å². The van der Waals surface area contributed by atoms with E-state index in [0.29, 0.717) is 32.9 Å². The molecule has 0 saturated heterocycles. The minimum Gasteiger partial charge on any atom is -0.305 e. The van der Waals surface area contributed by atoms with Crippen LogP contribution in [0.25, 0.3) is 22.0 Å². The van der Waals surface area contributed by atoms with Gasteiger partial charge in [-0.2, -0.15) is 16.4 Å². The van der Waals surface area contributed by atoms with Crippen molar-refractivity contribution < 1.29 is 17.6 Å². The molecule has 37 heavy (non-hydrogen) atoms. The topological polar surface area (TPSA) is 95.2 Å². The van der Waals surface area contributed by atoms with E-state index in [0.717, 1.165) is 10.6 Å². The molecule has 2 heterocycles. The van der Waals surface area contributed by atoms with E-state index in [4.69, 9.17) is 23.2 Å². The first kappa shape index (κ1) is 25.2. The first-order valence-corrected chi connectivity index (χ1v) is 14.2. The van der Waals surface area contributed by atoms with Crippen molar-refractivity contribution in [2.45, 2.75) is 0 Å². The number of sulfonamides is 1. The molecule has 0 aliphatic rings. The molecule has 0 saturated carbocycles. The lowest BCUT2D eigenvalue weighted by molar-refractivity contribution is 0.102. The van der Waals surface area contributed by atoms with Gasteiger partial charge >= 0.3 is 0 Å². The second kappa shape index (κ2) is 9.79. The average molecular weight is 575 g/mol. The molecular formula is C25H17Cl2FN4O3S2. The molecule has 0 radical (unpaired) electrons. The highest BCUT2D eigenvalue weighted by Gasteiger charge is 2.22. The number of aromatic nitrogens is 2. The average Bonchev–Trinajstić information content (AvgIpc) is 3.53. The summed E-state index contributed by atoms with van der Waals surface area (Å²) in [4.78, 5) is 12.4. The third-order valence-electron chi connectivity index (χ3n) is 5.57. The molecule has 3 aromatic carbocycles. The van der Waals surface area contributed by atoms with Crippen LogP contribution in [0.15, 0.2) is 71.4 Å². The van der Waals surface area contributed by atoms with Crippen molar-refractivity contribution in [3.8, 4) is 11.1 Å². The molecule has 0 aliphatic heterocycles. The number of fused-ring (bicyclic) bond motifs is 1. The molecule has 7 nitrogen and oxygen atoms in total. The Morgan fingerprint density at radius 1 is 1.03 bits per heavy atom. The van der Waals surface area contributed by atoms with Crippen LogP contribution >= 0.6 is 34.5 Å². The van der Waals surface area contributed by atoms with E-state index >= 15 is 4.39 Å². The van der Waals surface area contributed by atoms with E-state index in [1.807, 2.05) is 0 Å². The van der Waals surface area contributed by atoms with E-state index in [1.54, 1.807) is 59.3 Å². The van der Waals surface area contributed by atoms with Crippen LogP contribution in [0.3, 0.4) is 0 Å². The summed E-state index contributed by atoms with van der Waals surface area (Å²) in [5, 5.41) is 13.8. The van der Waals surface area contributed by atoms with Crippen LogP contribution in [0.5, 0.6) is 0 Å². The van der Waals surface area contributed by atoms with Crippen molar-refractivity contribution in [3.05, 3.63) is 92.8 Å². The number of H-pyrrole nitrogens is 1. The molecule has 0 unspecified atom stereocenters. The lowest BCUT2D eigenvalue weighted by Crippen LogP contribution is -2.24. The number of amides is 1. The normalized spacial score (nSPS) is 11.6. The Morgan fingerprint density at radius 3 is 2.41 bits per heavy atom. The highest BCUT2D eigenvalue weighted by Crippen LogP contribution is 2.36. The fraction of sp³-hybridized carbons (Fsp3) is 0.0400. The molecular weight excluding hydrogens is 558 g/mol. The second-order valence-corrected chi connectivity index (χ2v) is 11.5. The number of anilines is 3. The van der Waals surface area contributed by atoms with Crippen molar-refractivity contribution in [2.24, 2.45) is 0 Å². The monoisotopic (exact) mass is 574 g/mol. The Morgan fingerprint density at radius 2 is 1.76 bits per heavy atom. The predicted molar refractivity (Wildman–Crippen MR) is 147 cm³/mol. The van der Waals surface area contributed by atoms with E-state index in [9.17, 15) is 13.2 Å². The Balaban J connectivity index is 1.47. The molecule has 1 amide bonds. The van der Waals surface area contributed by atoms with Crippen LogP contribution in [0, 0.1) is 5.82 Å². The number of aromatic amines is 1. The van der Waals surface area contributed by atoms with E-state index in [1.165, 1.54) is 23.5 Å². The molecule has 5 rings (SSSR count). The van der Waals surface area contributed by atoms with Gasteiger partial charge in [0.2, 0.25) is 10.0 Å². The number of carbonyl (C=O) groups excluding carboxylic acids is 1. The Kier molecular flexibility index (Phi) is 6.67. The number of carbonyl (C=O) groups is 1. The van der Waals surface area contributed by atoms with Gasteiger partial charge in [0.25, 0.3) is 5.91 Å². The fourth-order valence-electron chi connectivity index (χ4n) is 3.87. The van der Waals surface area contributed by atoms with Crippen molar-refractivity contribution in [1.29, 1.82) is 0 Å². The van der Waals surface area contributed by atoms with Crippen molar-refractivity contribution >= 4 is 78.6 Å². The van der Waals surface area contributed by atoms with Gasteiger partial charge in [-0.15, -0.1) is 0 Å². The Labute approximate surface area is 225 Å². The zero-order valence-electron chi connectivity index (χ0n) is 19.0. The van der Waals surface area contributed by atoms with E-state index < -0.39 is 15.8 Å². The molecule has 0 spiro atoms. The summed E-state index contributed by atoms with van der Waals surface area (Å²) >= 11 is 13.5. The van der Waals surface area contributed by atoms with Crippen molar-refractivity contribution in [2.75, 3.05) is 15.9 Å². The minimum atomic E-state index is -3.73. The lowest BCUT2D eigenvalue weighted by atomic mass is 10.0. The molecule has 0 atom stereocenters. The molecule has 2 N–H and O–H groups in total. The van der Waals surface area contributed by atoms with Crippen LogP contribution in [-0.2, 0) is 10.0 Å². The van der Waals surface area contributed by atoms with Gasteiger partial charge in [0.1, 0.15) is 5.52 Å². The molecule has 188 valence electrons. The molecule has 0 fully saturated rings. The highest BCUT2D eigenvalue weighted by atomic mass is 35.5. The zero-order valence-corrected chi connectivity index (χ0v) is 22.1. The van der Waals surface area contributed by atoms with E-state index in [2.05, 4.69) is 15.5 Å². The molecule has 12 heteroatoms. The predicted octanol–water partition coefficient (Wildman–Crippen LogP) is 7.09. The fourth-order valence-corrected chi connectivity index (χ4v) is 5.80. The van der Waals surface area contributed by atoms with Gasteiger partial charge in [-0.3, -0.25) is 9.89 Å². The first-order valence-electron chi connectivity index (χ1n) is 10.7. The van der Waals surface area contributed by atoms with Crippen LogP contribution < -0.4 is 9.62 Å². The molecule has 5 aromatic rings. The third kappa shape index (κ3) is 4.93. The summed E-state index contributed by atoms with van der Waals surface area (Å²) in [7, 11) is -3.73. The lowest BCUT2D eigenvalue weighted by Gasteiger charge is -2.23. The van der Waals surface area contributed by atoms with Crippen molar-refractivity contribution in [3.63, 3.8) is 0 Å². The molecule has 2 aromatic heterocycles. The standard InChI is InChI=1S/C25H17Cl2FN4O3S2/c1-37(34,35)32(17-6-9-20(26)21(27)12-17)16-4-2-14(3-5-16)18-7-8-19-23(22(18)28)30-31-24(19)29-25(33)15-10-11-36-13-15/h2-13H,1H3,(H2,29,30,31,33). The second-order valence-electron chi connectivity index (χ2n) is 8.06. The maximum Gasteiger partial charge on any atom is 0.257 e. The number of nitrogens with one attached hydrogen (secondary N) is 2. The quantitative estimate of drug-likeness (QED) is 0.226. The number of benzene rings is 3. The van der Waals surface area contributed by atoms with Crippen LogP contribution in [0.2, 0.25) is 10.0 Å². The summed E-state index contributed by atoms with van der Waals surface area (Å²) in [6, 6.07) is 15.8. The number of halogens is 3. The molecule has 0 aliphatic carbocycles. The van der Waals surface area contributed by atoms with Gasteiger partial charge < -0.3 is 5.32 Å². The number of hydrogen-bond donors (Lipinski definition) is 2. The summed E-state index contributed by atoms with van der Waals surface area (Å²) < 4.78 is 41.8. The number of hydrogen-bond acceptors (Lipinski definition) is 5. The SMILES string of the molecule is CS(=O)(=O)N(c1ccc(-c2ccc3c(NC(=O)c4ccsc4)n[nH]c3c2F)cc1)c1ccc(Cl)c(Cl)c1. The van der Waals surface area contributed by atoms with Gasteiger partial charge in [-0.1, -0.05) is 41.4 Å². The summed E-state index contributed by atoms with van der Waals surface area (Å²) in [5.74, 6) is -0.678. The van der Waals surface area contributed by atoms with Crippen LogP contribution in [-0.4, -0.2) is 30.8 Å². The largest absolute Gasteiger partial charge is 0.305 e. The molecule has 0 bridgehead atoms. The van der Waals surface area contributed by atoms with Gasteiger partial charge in [-0.25, -0.2) is 17.1 Å². The summed E-state index contributed by atoms with van der Waals surface area (Å²) in [5.41, 5.74) is 2.07. The van der Waals surface area contributed by atoms with Gasteiger partial charge in [0.05, 0.1) is 33.2 Å². The first-order chi connectivity index (χ1) is 17.6. The third-order valence-corrected chi connectivity index (χ3v) is 8.08.